The second-order valence-electron chi connectivity index (χ2n) is 6.39. The lowest BCUT2D eigenvalue weighted by Crippen LogP contribution is -2.37. The van der Waals surface area contributed by atoms with Crippen LogP contribution in [0.5, 0.6) is 0 Å². The second-order valence-corrected chi connectivity index (χ2v) is 6.39. The molecular weight excluding hydrogens is 296 g/mol. The van der Waals surface area contributed by atoms with Crippen LogP contribution in [0.2, 0.25) is 0 Å². The van der Waals surface area contributed by atoms with Crippen molar-refractivity contribution in [3.05, 3.63) is 0 Å². The van der Waals surface area contributed by atoms with E-state index in [1.807, 2.05) is 20.8 Å². The minimum absolute atomic E-state index is 0.156. The molecule has 0 aromatic rings. The molecule has 0 bridgehead atoms. The molecule has 4 N–H and O–H groups in total. The van der Waals surface area contributed by atoms with E-state index in [1.165, 1.54) is 0 Å². The number of carboxylic acid groups (broad SMARTS) is 1. The number of hydrogen-bond acceptors (Lipinski definition) is 4. The summed E-state index contributed by atoms with van der Waals surface area (Å²) in [5, 5.41) is 35.3. The molecule has 0 saturated carbocycles. The van der Waals surface area contributed by atoms with Crippen molar-refractivity contribution in [2.75, 3.05) is 19.8 Å². The number of aliphatic hydroxyl groups excluding tert-OH is 3. The van der Waals surface area contributed by atoms with Gasteiger partial charge < -0.3 is 20.4 Å². The summed E-state index contributed by atoms with van der Waals surface area (Å²) < 4.78 is 0. The van der Waals surface area contributed by atoms with Crippen molar-refractivity contribution in [3.63, 3.8) is 0 Å². The lowest BCUT2D eigenvalue weighted by Gasteiger charge is -2.35. The molecule has 23 heavy (non-hydrogen) atoms. The Bertz CT molecular complexity index is 278. The summed E-state index contributed by atoms with van der Waals surface area (Å²) in [7, 11) is 0. The topological polar surface area (TPSA) is 98.0 Å². The Labute approximate surface area is 141 Å². The third-order valence-electron chi connectivity index (χ3n) is 5.36. The molecule has 0 heterocycles. The van der Waals surface area contributed by atoms with Crippen LogP contribution in [0.15, 0.2) is 0 Å². The van der Waals surface area contributed by atoms with Gasteiger partial charge in [0.15, 0.2) is 0 Å². The van der Waals surface area contributed by atoms with Crippen molar-refractivity contribution in [1.82, 2.24) is 0 Å². The molecule has 5 heteroatoms. The Hall–Kier alpha value is -0.650. The minimum atomic E-state index is -0.667. The van der Waals surface area contributed by atoms with Crippen LogP contribution in [-0.4, -0.2) is 46.2 Å². The highest BCUT2D eigenvalue weighted by atomic mass is 16.4. The van der Waals surface area contributed by atoms with Crippen molar-refractivity contribution in [3.8, 4) is 0 Å². The first-order chi connectivity index (χ1) is 10.8. The summed E-state index contributed by atoms with van der Waals surface area (Å²) in [6.45, 7) is 9.57. The average molecular weight is 334 g/mol. The van der Waals surface area contributed by atoms with E-state index >= 15 is 0 Å². The smallest absolute Gasteiger partial charge is 0.309 e. The maximum Gasteiger partial charge on any atom is 0.309 e. The van der Waals surface area contributed by atoms with Crippen LogP contribution >= 0.6 is 0 Å². The van der Waals surface area contributed by atoms with Crippen LogP contribution in [0.3, 0.4) is 0 Å². The van der Waals surface area contributed by atoms with Crippen molar-refractivity contribution < 1.29 is 25.2 Å². The summed E-state index contributed by atoms with van der Waals surface area (Å²) in [6, 6.07) is 0. The van der Waals surface area contributed by atoms with E-state index in [2.05, 4.69) is 13.8 Å². The molecule has 140 valence electrons. The fraction of sp³-hybridized carbons (Fsp3) is 0.944. The van der Waals surface area contributed by atoms with E-state index < -0.39 is 16.8 Å². The Morgan fingerprint density at radius 2 is 1.30 bits per heavy atom. The van der Waals surface area contributed by atoms with Crippen LogP contribution in [0.1, 0.15) is 73.1 Å². The second kappa shape index (κ2) is 12.7. The quantitative estimate of drug-likeness (QED) is 0.465. The number of aliphatic carboxylic acids is 1. The summed E-state index contributed by atoms with van der Waals surface area (Å²) in [5.41, 5.74) is -1.15. The van der Waals surface area contributed by atoms with Gasteiger partial charge in [0.1, 0.15) is 0 Å². The molecule has 0 aromatic heterocycles. The van der Waals surface area contributed by atoms with Gasteiger partial charge in [0, 0.05) is 5.41 Å². The third-order valence-corrected chi connectivity index (χ3v) is 5.36. The molecule has 0 aromatic carbocycles. The molecule has 1 atom stereocenters. The number of hydrogen-bond donors (Lipinski definition) is 4. The molecular formula is C18H38O5. The SMILES string of the molecule is CCC(CO)(CO)CO.CCCC(CC)C(CC)(CC)C(=O)O. The monoisotopic (exact) mass is 334 g/mol. The molecule has 0 saturated heterocycles. The largest absolute Gasteiger partial charge is 0.481 e. The molecule has 0 fully saturated rings. The summed E-state index contributed by atoms with van der Waals surface area (Å²) in [6.07, 6.45) is 5.17. The van der Waals surface area contributed by atoms with E-state index in [0.717, 1.165) is 32.1 Å². The molecule has 1 unspecified atom stereocenters. The van der Waals surface area contributed by atoms with Gasteiger partial charge in [-0.1, -0.05) is 47.5 Å². The number of rotatable bonds is 11. The van der Waals surface area contributed by atoms with Crippen LogP contribution in [-0.2, 0) is 4.79 Å². The Balaban J connectivity index is 0. The predicted octanol–water partition coefficient (Wildman–Crippen LogP) is 3.06. The van der Waals surface area contributed by atoms with Crippen molar-refractivity contribution in [2.45, 2.75) is 73.1 Å². The zero-order chi connectivity index (χ0) is 18.5. The summed E-state index contributed by atoms with van der Waals surface area (Å²) in [5.74, 6) is -0.275. The van der Waals surface area contributed by atoms with Gasteiger partial charge in [-0.25, -0.2) is 0 Å². The first-order valence-electron chi connectivity index (χ1n) is 8.89. The molecule has 0 spiro atoms. The highest BCUT2D eigenvalue weighted by Gasteiger charge is 2.41. The first kappa shape index (κ1) is 24.6. The minimum Gasteiger partial charge on any atom is -0.481 e. The summed E-state index contributed by atoms with van der Waals surface area (Å²) in [4.78, 5) is 11.4. The van der Waals surface area contributed by atoms with Crippen LogP contribution in [0, 0.1) is 16.7 Å². The van der Waals surface area contributed by atoms with E-state index in [0.29, 0.717) is 12.3 Å². The van der Waals surface area contributed by atoms with Crippen LogP contribution in [0.25, 0.3) is 0 Å². The van der Waals surface area contributed by atoms with Gasteiger partial charge in [-0.15, -0.1) is 0 Å². The Morgan fingerprint density at radius 3 is 1.43 bits per heavy atom. The number of aliphatic hydroxyl groups is 3. The molecule has 0 aliphatic rings. The maximum atomic E-state index is 11.4. The van der Waals surface area contributed by atoms with Gasteiger partial charge in [0.25, 0.3) is 0 Å². The maximum absolute atomic E-state index is 11.4. The molecule has 0 rings (SSSR count). The van der Waals surface area contributed by atoms with Gasteiger partial charge in [0.2, 0.25) is 0 Å². The van der Waals surface area contributed by atoms with Gasteiger partial charge in [0.05, 0.1) is 25.2 Å². The standard InChI is InChI=1S/C12H24O2.C6H14O3/c1-5-9-10(6-2)12(7-3,8-4)11(13)14;1-2-6(3-7,4-8)5-9/h10H,5-9H2,1-4H3,(H,13,14);7-9H,2-5H2,1H3. The molecule has 0 aliphatic carbocycles. The van der Waals surface area contributed by atoms with Gasteiger partial charge in [-0.05, 0) is 31.6 Å². The zero-order valence-electron chi connectivity index (χ0n) is 15.6. The Morgan fingerprint density at radius 1 is 0.870 bits per heavy atom. The predicted molar refractivity (Wildman–Crippen MR) is 93.3 cm³/mol. The zero-order valence-corrected chi connectivity index (χ0v) is 15.6. The van der Waals surface area contributed by atoms with E-state index in [-0.39, 0.29) is 19.8 Å². The molecule has 0 radical (unpaired) electrons. The first-order valence-corrected chi connectivity index (χ1v) is 8.89. The van der Waals surface area contributed by atoms with E-state index in [4.69, 9.17) is 15.3 Å². The van der Waals surface area contributed by atoms with Crippen molar-refractivity contribution in [2.24, 2.45) is 16.7 Å². The lowest BCUT2D eigenvalue weighted by molar-refractivity contribution is -0.153. The number of carbonyl (C=O) groups is 1. The van der Waals surface area contributed by atoms with Crippen LogP contribution in [0.4, 0.5) is 0 Å². The lowest BCUT2D eigenvalue weighted by atomic mass is 9.68. The van der Waals surface area contributed by atoms with Crippen molar-refractivity contribution in [1.29, 1.82) is 0 Å². The van der Waals surface area contributed by atoms with Gasteiger partial charge in [-0.3, -0.25) is 4.79 Å². The summed E-state index contributed by atoms with van der Waals surface area (Å²) >= 11 is 0. The van der Waals surface area contributed by atoms with E-state index in [9.17, 15) is 9.90 Å². The fourth-order valence-corrected chi connectivity index (χ4v) is 3.01. The van der Waals surface area contributed by atoms with Gasteiger partial charge >= 0.3 is 5.97 Å². The molecule has 5 nitrogen and oxygen atoms in total. The Kier molecular flexibility index (Phi) is 13.6. The molecule has 0 amide bonds. The highest BCUT2D eigenvalue weighted by Crippen LogP contribution is 2.40. The average Bonchev–Trinajstić information content (AvgIpc) is 2.58. The number of carboxylic acids is 1. The fourth-order valence-electron chi connectivity index (χ4n) is 3.01. The van der Waals surface area contributed by atoms with Crippen LogP contribution < -0.4 is 0 Å². The van der Waals surface area contributed by atoms with Gasteiger partial charge in [-0.2, -0.15) is 0 Å². The third kappa shape index (κ3) is 6.77. The normalized spacial score (nSPS) is 13.2. The highest BCUT2D eigenvalue weighted by molar-refractivity contribution is 5.74. The molecule has 0 aliphatic heterocycles. The van der Waals surface area contributed by atoms with Crippen molar-refractivity contribution >= 4 is 5.97 Å². The van der Waals surface area contributed by atoms with E-state index in [1.54, 1.807) is 0 Å².